The average Bonchev–Trinajstić information content (AvgIpc) is 3.21. The third-order valence-corrected chi connectivity index (χ3v) is 6.48. The maximum atomic E-state index is 12.8. The lowest BCUT2D eigenvalue weighted by molar-refractivity contribution is 0.199. The number of pyridine rings is 1. The van der Waals surface area contributed by atoms with Gasteiger partial charge in [-0.05, 0) is 68.1 Å². The van der Waals surface area contributed by atoms with Crippen molar-refractivity contribution < 1.29 is 9.53 Å². The van der Waals surface area contributed by atoms with Crippen molar-refractivity contribution in [2.75, 3.05) is 24.6 Å². The quantitative estimate of drug-likeness (QED) is 0.309. The topological polar surface area (TPSA) is 45.7 Å². The molecule has 0 spiro atoms. The van der Waals surface area contributed by atoms with E-state index in [1.807, 2.05) is 58.3 Å². The van der Waals surface area contributed by atoms with Gasteiger partial charge in [0.1, 0.15) is 5.75 Å². The van der Waals surface area contributed by atoms with E-state index in [1.165, 1.54) is 0 Å². The fourth-order valence-corrected chi connectivity index (χ4v) is 4.59. The van der Waals surface area contributed by atoms with Crippen LogP contribution in [0.15, 0.2) is 67.0 Å². The highest BCUT2D eigenvalue weighted by Gasteiger charge is 2.32. The molecule has 2 amide bonds. The van der Waals surface area contributed by atoms with Gasteiger partial charge in [-0.1, -0.05) is 41.4 Å². The molecular weight excluding hydrogens is 457 g/mol. The molecule has 5 nitrogen and oxygen atoms in total. The first-order valence-electron chi connectivity index (χ1n) is 11.2. The number of ether oxygens (including phenoxy) is 1. The van der Waals surface area contributed by atoms with E-state index in [0.29, 0.717) is 23.2 Å². The van der Waals surface area contributed by atoms with Gasteiger partial charge >= 0.3 is 6.03 Å². The molecule has 1 atom stereocenters. The molecule has 1 aliphatic heterocycles. The Bertz CT molecular complexity index is 1080. The first kappa shape index (κ1) is 23.4. The summed E-state index contributed by atoms with van der Waals surface area (Å²) in [6, 6.07) is 17.4. The summed E-state index contributed by atoms with van der Waals surface area (Å²) in [5, 5.41) is 1.25. The Balaban J connectivity index is 1.19. The van der Waals surface area contributed by atoms with E-state index in [0.717, 1.165) is 48.4 Å². The zero-order valence-electron chi connectivity index (χ0n) is 18.6. The van der Waals surface area contributed by atoms with Crippen LogP contribution < -0.4 is 9.64 Å². The number of amides is 2. The molecule has 1 saturated heterocycles. The Morgan fingerprint density at radius 2 is 1.76 bits per heavy atom. The van der Waals surface area contributed by atoms with Gasteiger partial charge in [0.25, 0.3) is 0 Å². The first-order chi connectivity index (χ1) is 16.0. The van der Waals surface area contributed by atoms with Crippen molar-refractivity contribution >= 4 is 34.9 Å². The van der Waals surface area contributed by atoms with E-state index in [4.69, 9.17) is 27.9 Å². The number of urea groups is 1. The Kier molecular flexibility index (Phi) is 7.73. The van der Waals surface area contributed by atoms with Crippen molar-refractivity contribution in [3.63, 3.8) is 0 Å². The Morgan fingerprint density at radius 3 is 2.48 bits per heavy atom. The monoisotopic (exact) mass is 483 g/mol. The van der Waals surface area contributed by atoms with E-state index >= 15 is 0 Å². The van der Waals surface area contributed by atoms with Crippen LogP contribution >= 0.6 is 23.2 Å². The number of rotatable bonds is 9. The number of aromatic nitrogens is 1. The van der Waals surface area contributed by atoms with Crippen LogP contribution in [0.2, 0.25) is 10.0 Å². The second kappa shape index (κ2) is 10.9. The number of carbonyl (C=O) groups excluding carboxylic acids is 1. The predicted molar refractivity (Wildman–Crippen MR) is 134 cm³/mol. The molecule has 1 aromatic heterocycles. The van der Waals surface area contributed by atoms with Crippen molar-refractivity contribution in [3.8, 4) is 16.9 Å². The SMILES string of the molecule is CC(CCCCOc1ccc(-c2ccc(Cl)cc2Cl)cc1)N1CCN(c2ccncc2)C1=O. The maximum Gasteiger partial charge on any atom is 0.324 e. The minimum absolute atomic E-state index is 0.0748. The van der Waals surface area contributed by atoms with Crippen LogP contribution in [0.4, 0.5) is 10.5 Å². The van der Waals surface area contributed by atoms with Gasteiger partial charge < -0.3 is 9.64 Å². The third-order valence-electron chi connectivity index (χ3n) is 5.93. The number of halogens is 2. The van der Waals surface area contributed by atoms with Crippen molar-refractivity contribution in [2.24, 2.45) is 0 Å². The molecule has 1 unspecified atom stereocenters. The average molecular weight is 484 g/mol. The van der Waals surface area contributed by atoms with Crippen LogP contribution in [0.25, 0.3) is 11.1 Å². The number of hydrogen-bond acceptors (Lipinski definition) is 3. The Hall–Kier alpha value is -2.76. The molecule has 0 radical (unpaired) electrons. The number of nitrogens with zero attached hydrogens (tertiary/aromatic N) is 3. The third kappa shape index (κ3) is 5.79. The molecule has 0 saturated carbocycles. The van der Waals surface area contributed by atoms with Gasteiger partial charge in [-0.25, -0.2) is 4.79 Å². The summed E-state index contributed by atoms with van der Waals surface area (Å²) < 4.78 is 5.90. The molecule has 2 aromatic carbocycles. The van der Waals surface area contributed by atoms with Crippen LogP contribution in [0.3, 0.4) is 0 Å². The van der Waals surface area contributed by atoms with Crippen LogP contribution in [-0.2, 0) is 0 Å². The molecule has 1 fully saturated rings. The minimum Gasteiger partial charge on any atom is -0.494 e. The molecule has 172 valence electrons. The molecule has 33 heavy (non-hydrogen) atoms. The van der Waals surface area contributed by atoms with Crippen LogP contribution in [0, 0.1) is 0 Å². The van der Waals surface area contributed by atoms with E-state index in [9.17, 15) is 4.79 Å². The zero-order chi connectivity index (χ0) is 23.2. The van der Waals surface area contributed by atoms with Crippen molar-refractivity contribution in [1.82, 2.24) is 9.88 Å². The van der Waals surface area contributed by atoms with Gasteiger partial charge in [0.05, 0.1) is 6.61 Å². The molecule has 2 heterocycles. The fourth-order valence-electron chi connectivity index (χ4n) is 4.07. The van der Waals surface area contributed by atoms with Gasteiger partial charge in [-0.2, -0.15) is 0 Å². The summed E-state index contributed by atoms with van der Waals surface area (Å²) in [4.78, 5) is 20.6. The number of hydrogen-bond donors (Lipinski definition) is 0. The number of carbonyl (C=O) groups is 1. The summed E-state index contributed by atoms with van der Waals surface area (Å²) in [6.07, 6.45) is 6.32. The fraction of sp³-hybridized carbons (Fsp3) is 0.308. The summed E-state index contributed by atoms with van der Waals surface area (Å²) in [5.74, 6) is 0.833. The maximum absolute atomic E-state index is 12.8. The molecular formula is C26H27Cl2N3O2. The lowest BCUT2D eigenvalue weighted by atomic mass is 10.1. The van der Waals surface area contributed by atoms with Crippen LogP contribution in [0.1, 0.15) is 26.2 Å². The lowest BCUT2D eigenvalue weighted by Crippen LogP contribution is -2.37. The second-order valence-electron chi connectivity index (χ2n) is 8.17. The predicted octanol–water partition coefficient (Wildman–Crippen LogP) is 6.94. The standard InChI is InChI=1S/C26H27Cl2N3O2/c1-19(30-15-16-31(26(30)32)22-11-13-29-14-12-22)4-2-3-17-33-23-8-5-20(6-9-23)24-10-7-21(27)18-25(24)28/h5-14,18-19H,2-4,15-17H2,1H3. The van der Waals surface area contributed by atoms with Gasteiger partial charge in [-0.3, -0.25) is 9.88 Å². The van der Waals surface area contributed by atoms with Crippen molar-refractivity contribution in [3.05, 3.63) is 77.0 Å². The van der Waals surface area contributed by atoms with E-state index < -0.39 is 0 Å². The van der Waals surface area contributed by atoms with Crippen LogP contribution in [0.5, 0.6) is 5.75 Å². The van der Waals surface area contributed by atoms with Crippen molar-refractivity contribution in [2.45, 2.75) is 32.2 Å². The Labute approximate surface area is 204 Å². The molecule has 3 aromatic rings. The lowest BCUT2D eigenvalue weighted by Gasteiger charge is -2.25. The molecule has 4 rings (SSSR count). The highest BCUT2D eigenvalue weighted by Crippen LogP contribution is 2.31. The first-order valence-corrected chi connectivity index (χ1v) is 11.9. The smallest absolute Gasteiger partial charge is 0.324 e. The molecule has 0 bridgehead atoms. The van der Waals surface area contributed by atoms with Gasteiger partial charge in [0.2, 0.25) is 0 Å². The number of benzene rings is 2. The Morgan fingerprint density at radius 1 is 1.00 bits per heavy atom. The van der Waals surface area contributed by atoms with Gasteiger partial charge in [-0.15, -0.1) is 0 Å². The number of anilines is 1. The molecule has 0 aliphatic carbocycles. The second-order valence-corrected chi connectivity index (χ2v) is 9.02. The highest BCUT2D eigenvalue weighted by atomic mass is 35.5. The molecule has 7 heteroatoms. The van der Waals surface area contributed by atoms with Gasteiger partial charge in [0.15, 0.2) is 0 Å². The van der Waals surface area contributed by atoms with E-state index in [2.05, 4.69) is 11.9 Å². The van der Waals surface area contributed by atoms with Gasteiger partial charge in [0, 0.05) is 52.8 Å². The minimum atomic E-state index is 0.0748. The number of unbranched alkanes of at least 4 members (excludes halogenated alkanes) is 1. The summed E-state index contributed by atoms with van der Waals surface area (Å²) in [5.41, 5.74) is 2.87. The largest absolute Gasteiger partial charge is 0.494 e. The van der Waals surface area contributed by atoms with Crippen LogP contribution in [-0.4, -0.2) is 41.7 Å². The zero-order valence-corrected chi connectivity index (χ0v) is 20.1. The van der Waals surface area contributed by atoms with E-state index in [-0.39, 0.29) is 12.1 Å². The van der Waals surface area contributed by atoms with Crippen molar-refractivity contribution in [1.29, 1.82) is 0 Å². The summed E-state index contributed by atoms with van der Waals surface area (Å²) >= 11 is 12.3. The normalized spacial score (nSPS) is 14.6. The summed E-state index contributed by atoms with van der Waals surface area (Å²) in [6.45, 7) is 4.23. The van der Waals surface area contributed by atoms with E-state index in [1.54, 1.807) is 18.5 Å². The molecule has 1 aliphatic rings. The molecule has 0 N–H and O–H groups in total. The summed E-state index contributed by atoms with van der Waals surface area (Å²) in [7, 11) is 0. The highest BCUT2D eigenvalue weighted by molar-refractivity contribution is 6.36.